The molecule has 0 saturated heterocycles. The van der Waals surface area contributed by atoms with E-state index in [1.54, 1.807) is 4.90 Å². The molecule has 3 aromatic rings. The number of pyridine rings is 1. The Kier molecular flexibility index (Phi) is 6.39. The van der Waals surface area contributed by atoms with Gasteiger partial charge in [0.2, 0.25) is 5.91 Å². The number of alkyl halides is 3. The highest BCUT2D eigenvalue weighted by Gasteiger charge is 2.41. The number of amides is 2. The van der Waals surface area contributed by atoms with Crippen molar-refractivity contribution < 1.29 is 27.9 Å². The van der Waals surface area contributed by atoms with Gasteiger partial charge >= 0.3 is 6.18 Å². The zero-order chi connectivity index (χ0) is 28.2. The molecule has 1 fully saturated rings. The average molecular weight is 552 g/mol. The standard InChI is InChI=1S/C29H28F3N5O3/c1-2-24(39)35-11-10-21-25-22(16-35)36(28(40)20-14-23(38)26(33-15-20)29(30,31)32)12-13-37(25)27(34-21)19-8-6-18(7-9-19)17-4-3-5-17/h2,6-9,14-15,17,22,38H,1,3-5,10-13,16H2/t22-/m1/s1. The van der Waals surface area contributed by atoms with Crippen LogP contribution < -0.4 is 0 Å². The van der Waals surface area contributed by atoms with Gasteiger partial charge in [0.25, 0.3) is 5.91 Å². The molecule has 40 heavy (non-hydrogen) atoms. The maximum atomic E-state index is 13.6. The lowest BCUT2D eigenvalue weighted by molar-refractivity contribution is -0.142. The van der Waals surface area contributed by atoms with E-state index in [2.05, 4.69) is 40.4 Å². The molecule has 4 heterocycles. The second-order valence-corrected chi connectivity index (χ2v) is 10.5. The molecule has 8 nitrogen and oxygen atoms in total. The van der Waals surface area contributed by atoms with Crippen LogP contribution in [-0.4, -0.2) is 60.9 Å². The Balaban J connectivity index is 1.37. The number of carbonyl (C=O) groups is 2. The number of carbonyl (C=O) groups excluding carboxylic acids is 2. The number of halogens is 3. The molecule has 1 aromatic carbocycles. The Hall–Kier alpha value is -4.15. The summed E-state index contributed by atoms with van der Waals surface area (Å²) in [7, 11) is 0. The lowest BCUT2D eigenvalue weighted by Crippen LogP contribution is -2.47. The van der Waals surface area contributed by atoms with Gasteiger partial charge in [0.1, 0.15) is 11.6 Å². The van der Waals surface area contributed by atoms with Crippen LogP contribution in [-0.2, 0) is 23.9 Å². The van der Waals surface area contributed by atoms with Crippen molar-refractivity contribution in [2.45, 2.75) is 50.4 Å². The van der Waals surface area contributed by atoms with Gasteiger partial charge < -0.3 is 19.5 Å². The van der Waals surface area contributed by atoms with Gasteiger partial charge in [-0.2, -0.15) is 13.2 Å². The number of benzene rings is 1. The fourth-order valence-electron chi connectivity index (χ4n) is 5.93. The average Bonchev–Trinajstić information content (AvgIpc) is 3.16. The second-order valence-electron chi connectivity index (χ2n) is 10.5. The lowest BCUT2D eigenvalue weighted by Gasteiger charge is -2.38. The summed E-state index contributed by atoms with van der Waals surface area (Å²) in [4.78, 5) is 37.7. The van der Waals surface area contributed by atoms with Crippen molar-refractivity contribution in [3.8, 4) is 17.1 Å². The van der Waals surface area contributed by atoms with Crippen LogP contribution >= 0.6 is 0 Å². The molecule has 1 atom stereocenters. The van der Waals surface area contributed by atoms with Crippen LogP contribution in [0.4, 0.5) is 13.2 Å². The van der Waals surface area contributed by atoms with Crippen LogP contribution in [0.5, 0.6) is 5.75 Å². The van der Waals surface area contributed by atoms with Crippen molar-refractivity contribution in [3.05, 3.63) is 77.4 Å². The van der Waals surface area contributed by atoms with Gasteiger partial charge in [0.15, 0.2) is 5.69 Å². The number of imidazole rings is 1. The Morgan fingerprint density at radius 1 is 1.10 bits per heavy atom. The normalized spacial score (nSPS) is 19.0. The van der Waals surface area contributed by atoms with Gasteiger partial charge in [-0.05, 0) is 36.5 Å². The summed E-state index contributed by atoms with van der Waals surface area (Å²) in [6.45, 7) is 4.80. The van der Waals surface area contributed by atoms with Crippen molar-refractivity contribution in [1.82, 2.24) is 24.3 Å². The fraction of sp³-hybridized carbons (Fsp3) is 0.379. The van der Waals surface area contributed by atoms with E-state index in [1.807, 2.05) is 0 Å². The molecule has 0 spiro atoms. The largest absolute Gasteiger partial charge is 0.506 e. The van der Waals surface area contributed by atoms with Gasteiger partial charge in [0.05, 0.1) is 23.0 Å². The van der Waals surface area contributed by atoms with E-state index < -0.39 is 29.6 Å². The topological polar surface area (TPSA) is 91.6 Å². The summed E-state index contributed by atoms with van der Waals surface area (Å²) in [6.07, 6.45) is 1.36. The maximum absolute atomic E-state index is 13.6. The maximum Gasteiger partial charge on any atom is 0.437 e. The minimum atomic E-state index is -4.85. The molecular weight excluding hydrogens is 523 g/mol. The summed E-state index contributed by atoms with van der Waals surface area (Å²) >= 11 is 0. The van der Waals surface area contributed by atoms with Crippen molar-refractivity contribution in [1.29, 1.82) is 0 Å². The van der Waals surface area contributed by atoms with E-state index in [1.165, 1.54) is 35.8 Å². The SMILES string of the molecule is C=CC(=O)N1CCc2nc(-c3ccc(C4CCC4)cc3)n3c2[C@@H](C1)N(C(=O)c1cnc(C(F)(F)F)c(O)c1)CC3. The smallest absolute Gasteiger partial charge is 0.437 e. The monoisotopic (exact) mass is 551 g/mol. The van der Waals surface area contributed by atoms with Crippen molar-refractivity contribution in [3.63, 3.8) is 0 Å². The van der Waals surface area contributed by atoms with E-state index >= 15 is 0 Å². The highest BCUT2D eigenvalue weighted by atomic mass is 19.4. The molecule has 11 heteroatoms. The molecule has 6 rings (SSSR count). The van der Waals surface area contributed by atoms with E-state index in [-0.39, 0.29) is 24.6 Å². The predicted octanol–water partition coefficient (Wildman–Crippen LogP) is 4.70. The van der Waals surface area contributed by atoms with E-state index in [0.29, 0.717) is 25.4 Å². The van der Waals surface area contributed by atoms with Crippen molar-refractivity contribution in [2.75, 3.05) is 19.6 Å². The van der Waals surface area contributed by atoms with Gasteiger partial charge in [0, 0.05) is 44.4 Å². The Bertz CT molecular complexity index is 1490. The predicted molar refractivity (Wildman–Crippen MR) is 139 cm³/mol. The first kappa shape index (κ1) is 26.1. The number of rotatable bonds is 4. The third-order valence-corrected chi connectivity index (χ3v) is 8.23. The van der Waals surface area contributed by atoms with E-state index in [0.717, 1.165) is 35.0 Å². The van der Waals surface area contributed by atoms with Gasteiger partial charge in [-0.25, -0.2) is 9.97 Å². The molecule has 2 aromatic heterocycles. The van der Waals surface area contributed by atoms with Gasteiger partial charge in [-0.3, -0.25) is 9.59 Å². The van der Waals surface area contributed by atoms with Gasteiger partial charge in [-0.1, -0.05) is 37.3 Å². The molecule has 2 amide bonds. The molecule has 3 aliphatic rings. The molecule has 0 bridgehead atoms. The molecular formula is C29H28F3N5O3. The molecule has 1 aliphatic carbocycles. The summed E-state index contributed by atoms with van der Waals surface area (Å²) in [5.41, 5.74) is 2.24. The molecule has 2 aliphatic heterocycles. The number of aromatic hydroxyl groups is 1. The quantitative estimate of drug-likeness (QED) is 0.475. The van der Waals surface area contributed by atoms with Gasteiger partial charge in [-0.15, -0.1) is 0 Å². The molecule has 0 radical (unpaired) electrons. The fourth-order valence-corrected chi connectivity index (χ4v) is 5.93. The molecule has 1 saturated carbocycles. The Morgan fingerprint density at radius 2 is 1.85 bits per heavy atom. The zero-order valence-electron chi connectivity index (χ0n) is 21.7. The molecule has 0 unspecified atom stereocenters. The first-order valence-electron chi connectivity index (χ1n) is 13.3. The Labute approximate surface area is 228 Å². The van der Waals surface area contributed by atoms with Crippen LogP contribution in [0.25, 0.3) is 11.4 Å². The van der Waals surface area contributed by atoms with Crippen LogP contribution in [0.2, 0.25) is 0 Å². The first-order chi connectivity index (χ1) is 19.2. The van der Waals surface area contributed by atoms with Crippen molar-refractivity contribution in [2.24, 2.45) is 0 Å². The summed E-state index contributed by atoms with van der Waals surface area (Å²) in [5.74, 6) is -0.576. The summed E-state index contributed by atoms with van der Waals surface area (Å²) < 4.78 is 41.4. The highest BCUT2D eigenvalue weighted by molar-refractivity contribution is 5.95. The number of hydrogen-bond donors (Lipinski definition) is 1. The number of nitrogens with zero attached hydrogens (tertiary/aromatic N) is 5. The van der Waals surface area contributed by atoms with E-state index in [9.17, 15) is 27.9 Å². The minimum Gasteiger partial charge on any atom is -0.506 e. The van der Waals surface area contributed by atoms with Crippen LogP contribution in [0.1, 0.15) is 64.2 Å². The number of aromatic nitrogens is 3. The number of hydrogen-bond acceptors (Lipinski definition) is 5. The minimum absolute atomic E-state index is 0.169. The highest BCUT2D eigenvalue weighted by Crippen LogP contribution is 2.40. The third kappa shape index (κ3) is 4.43. The van der Waals surface area contributed by atoms with Crippen LogP contribution in [0.15, 0.2) is 49.2 Å². The Morgan fingerprint density at radius 3 is 2.48 bits per heavy atom. The van der Waals surface area contributed by atoms with E-state index in [4.69, 9.17) is 4.98 Å². The molecule has 1 N–H and O–H groups in total. The summed E-state index contributed by atoms with van der Waals surface area (Å²) in [6, 6.07) is 8.66. The third-order valence-electron chi connectivity index (χ3n) is 8.23. The molecule has 208 valence electrons. The second kappa shape index (κ2) is 9.79. The summed E-state index contributed by atoms with van der Waals surface area (Å²) in [5, 5.41) is 9.97. The zero-order valence-corrected chi connectivity index (χ0v) is 21.7. The van der Waals surface area contributed by atoms with Crippen LogP contribution in [0, 0.1) is 0 Å². The van der Waals surface area contributed by atoms with Crippen LogP contribution in [0.3, 0.4) is 0 Å². The first-order valence-corrected chi connectivity index (χ1v) is 13.3. The van der Waals surface area contributed by atoms with Crippen molar-refractivity contribution >= 4 is 11.8 Å². The lowest BCUT2D eigenvalue weighted by atomic mass is 9.80.